The van der Waals surface area contributed by atoms with Gasteiger partial charge in [-0.15, -0.1) is 0 Å². The molecule has 0 fully saturated rings. The van der Waals surface area contributed by atoms with E-state index in [2.05, 4.69) is 47.3 Å². The average Bonchev–Trinajstić information content (AvgIpc) is 3.00. The number of aliphatic carboxylic acids is 1. The highest BCUT2D eigenvalue weighted by Gasteiger charge is 2.25. The lowest BCUT2D eigenvalue weighted by Gasteiger charge is -2.35. The van der Waals surface area contributed by atoms with E-state index in [0.29, 0.717) is 5.92 Å². The quantitative estimate of drug-likeness (QED) is 0.891. The summed E-state index contributed by atoms with van der Waals surface area (Å²) in [6.45, 7) is 4.61. The van der Waals surface area contributed by atoms with Crippen LogP contribution < -0.4 is 4.90 Å². The van der Waals surface area contributed by atoms with Crippen molar-refractivity contribution in [2.75, 3.05) is 11.4 Å². The first-order valence-corrected chi connectivity index (χ1v) is 8.22. The fraction of sp³-hybridized carbons (Fsp3) is 0.444. The molecule has 0 bridgehead atoms. The molecule has 5 nitrogen and oxygen atoms in total. The third kappa shape index (κ3) is 3.73. The van der Waals surface area contributed by atoms with Crippen LogP contribution in [0.2, 0.25) is 0 Å². The normalized spacial score (nSPS) is 17.1. The van der Waals surface area contributed by atoms with E-state index in [-0.39, 0.29) is 6.42 Å². The van der Waals surface area contributed by atoms with Crippen molar-refractivity contribution in [1.82, 2.24) is 9.78 Å². The van der Waals surface area contributed by atoms with E-state index in [0.717, 1.165) is 38.2 Å². The van der Waals surface area contributed by atoms with E-state index in [9.17, 15) is 4.79 Å². The van der Waals surface area contributed by atoms with Crippen LogP contribution in [0.4, 0.5) is 5.69 Å². The average molecular weight is 313 g/mol. The molecule has 1 atom stereocenters. The molecular formula is C18H23N3O2. The van der Waals surface area contributed by atoms with E-state index in [1.165, 1.54) is 11.3 Å². The van der Waals surface area contributed by atoms with Crippen molar-refractivity contribution in [2.24, 2.45) is 5.92 Å². The number of aryl methyl sites for hydroxylation is 1. The fourth-order valence-corrected chi connectivity index (χ4v) is 3.31. The summed E-state index contributed by atoms with van der Waals surface area (Å²) in [5, 5.41) is 13.5. The number of hydrogen-bond acceptors (Lipinski definition) is 3. The second kappa shape index (κ2) is 6.86. The van der Waals surface area contributed by atoms with Crippen LogP contribution in [-0.4, -0.2) is 27.4 Å². The Balaban J connectivity index is 1.77. The van der Waals surface area contributed by atoms with Gasteiger partial charge in [-0.1, -0.05) is 18.2 Å². The lowest BCUT2D eigenvalue weighted by molar-refractivity contribution is -0.137. The van der Waals surface area contributed by atoms with Gasteiger partial charge in [0.05, 0.1) is 12.2 Å². The maximum atomic E-state index is 10.9. The Morgan fingerprint density at radius 2 is 2.17 bits per heavy atom. The zero-order valence-corrected chi connectivity index (χ0v) is 13.5. The minimum Gasteiger partial charge on any atom is -0.481 e. The molecule has 0 spiro atoms. The molecule has 1 unspecified atom stereocenters. The molecule has 2 heterocycles. The third-order valence-corrected chi connectivity index (χ3v) is 4.46. The van der Waals surface area contributed by atoms with Crippen molar-refractivity contribution < 1.29 is 9.90 Å². The first-order chi connectivity index (χ1) is 11.2. The summed E-state index contributed by atoms with van der Waals surface area (Å²) in [4.78, 5) is 13.2. The summed E-state index contributed by atoms with van der Waals surface area (Å²) < 4.78 is 1.94. The topological polar surface area (TPSA) is 58.4 Å². The maximum Gasteiger partial charge on any atom is 0.303 e. The Morgan fingerprint density at radius 3 is 2.91 bits per heavy atom. The molecule has 2 aromatic rings. The summed E-state index contributed by atoms with van der Waals surface area (Å²) in [5.41, 5.74) is 3.62. The molecule has 1 N–H and O–H groups in total. The molecule has 5 heteroatoms. The fourth-order valence-electron chi connectivity index (χ4n) is 3.31. The summed E-state index contributed by atoms with van der Waals surface area (Å²) in [7, 11) is 0. The van der Waals surface area contributed by atoms with Crippen LogP contribution in [0, 0.1) is 5.92 Å². The molecule has 1 aliphatic heterocycles. The van der Waals surface area contributed by atoms with Gasteiger partial charge in [-0.05, 0) is 43.4 Å². The molecule has 122 valence electrons. The van der Waals surface area contributed by atoms with Crippen LogP contribution in [0.15, 0.2) is 36.5 Å². The number of para-hydroxylation sites is 1. The van der Waals surface area contributed by atoms with Crippen LogP contribution in [0.5, 0.6) is 0 Å². The van der Waals surface area contributed by atoms with Crippen molar-refractivity contribution >= 4 is 11.7 Å². The first kappa shape index (κ1) is 15.6. The number of nitrogens with zero attached hydrogens (tertiary/aromatic N) is 3. The largest absolute Gasteiger partial charge is 0.481 e. The number of benzene rings is 1. The van der Waals surface area contributed by atoms with Gasteiger partial charge in [0.2, 0.25) is 0 Å². The van der Waals surface area contributed by atoms with E-state index in [4.69, 9.17) is 5.11 Å². The van der Waals surface area contributed by atoms with Gasteiger partial charge in [0.15, 0.2) is 0 Å². The highest BCUT2D eigenvalue weighted by Crippen LogP contribution is 2.32. The van der Waals surface area contributed by atoms with Crippen molar-refractivity contribution in [3.05, 3.63) is 47.8 Å². The van der Waals surface area contributed by atoms with Crippen molar-refractivity contribution in [2.45, 2.75) is 39.3 Å². The molecule has 3 rings (SSSR count). The van der Waals surface area contributed by atoms with Gasteiger partial charge in [0.1, 0.15) is 0 Å². The SMILES string of the molecule is CCn1ccc(CN2CC(CCC(=O)O)Cc3ccccc32)n1. The number of rotatable bonds is 6. The smallest absolute Gasteiger partial charge is 0.303 e. The van der Waals surface area contributed by atoms with E-state index in [1.54, 1.807) is 0 Å². The van der Waals surface area contributed by atoms with Crippen molar-refractivity contribution in [1.29, 1.82) is 0 Å². The molecule has 0 saturated heterocycles. The molecule has 0 amide bonds. The molecule has 1 aromatic carbocycles. The number of anilines is 1. The molecule has 1 aliphatic rings. The third-order valence-electron chi connectivity index (χ3n) is 4.46. The summed E-state index contributed by atoms with van der Waals surface area (Å²) in [5.74, 6) is -0.327. The van der Waals surface area contributed by atoms with E-state index < -0.39 is 5.97 Å². The van der Waals surface area contributed by atoms with Crippen molar-refractivity contribution in [3.63, 3.8) is 0 Å². The Morgan fingerprint density at radius 1 is 1.35 bits per heavy atom. The van der Waals surface area contributed by atoms with Gasteiger partial charge in [-0.25, -0.2) is 0 Å². The van der Waals surface area contributed by atoms with Crippen LogP contribution >= 0.6 is 0 Å². The standard InChI is InChI=1S/C18H23N3O2/c1-2-21-10-9-16(19-21)13-20-12-14(7-8-18(22)23)11-15-5-3-4-6-17(15)20/h3-6,9-10,14H,2,7-8,11-13H2,1H3,(H,22,23). The highest BCUT2D eigenvalue weighted by atomic mass is 16.4. The second-order valence-corrected chi connectivity index (χ2v) is 6.17. The van der Waals surface area contributed by atoms with Gasteiger partial charge in [0.25, 0.3) is 0 Å². The minimum atomic E-state index is -0.711. The molecule has 0 aliphatic carbocycles. The number of aromatic nitrogens is 2. The minimum absolute atomic E-state index is 0.241. The molecular weight excluding hydrogens is 290 g/mol. The Labute approximate surface area is 136 Å². The van der Waals surface area contributed by atoms with Gasteiger partial charge in [-0.3, -0.25) is 9.48 Å². The Kier molecular flexibility index (Phi) is 4.65. The monoisotopic (exact) mass is 313 g/mol. The predicted octanol–water partition coefficient (Wildman–Crippen LogP) is 2.95. The lowest BCUT2D eigenvalue weighted by Crippen LogP contribution is -2.35. The molecule has 23 heavy (non-hydrogen) atoms. The van der Waals surface area contributed by atoms with E-state index in [1.807, 2.05) is 10.9 Å². The van der Waals surface area contributed by atoms with Gasteiger partial charge >= 0.3 is 5.97 Å². The van der Waals surface area contributed by atoms with Gasteiger partial charge in [0, 0.05) is 31.4 Å². The number of fused-ring (bicyclic) bond motifs is 1. The lowest BCUT2D eigenvalue weighted by atomic mass is 9.89. The van der Waals surface area contributed by atoms with Gasteiger partial charge < -0.3 is 10.0 Å². The number of carboxylic acids is 1. The van der Waals surface area contributed by atoms with Gasteiger partial charge in [-0.2, -0.15) is 5.10 Å². The van der Waals surface area contributed by atoms with Crippen LogP contribution in [-0.2, 0) is 24.3 Å². The number of carbonyl (C=O) groups is 1. The van der Waals surface area contributed by atoms with Crippen LogP contribution in [0.1, 0.15) is 31.0 Å². The molecule has 0 radical (unpaired) electrons. The van der Waals surface area contributed by atoms with Crippen LogP contribution in [0.3, 0.4) is 0 Å². The summed E-state index contributed by atoms with van der Waals surface area (Å²) in [6, 6.07) is 10.5. The maximum absolute atomic E-state index is 10.9. The summed E-state index contributed by atoms with van der Waals surface area (Å²) in [6.07, 6.45) is 3.94. The second-order valence-electron chi connectivity index (χ2n) is 6.17. The zero-order chi connectivity index (χ0) is 16.2. The van der Waals surface area contributed by atoms with E-state index >= 15 is 0 Å². The zero-order valence-electron chi connectivity index (χ0n) is 13.5. The first-order valence-electron chi connectivity index (χ1n) is 8.22. The molecule has 0 saturated carbocycles. The Hall–Kier alpha value is -2.30. The van der Waals surface area contributed by atoms with Crippen LogP contribution in [0.25, 0.3) is 0 Å². The number of carboxylic acid groups (broad SMARTS) is 1. The summed E-state index contributed by atoms with van der Waals surface area (Å²) >= 11 is 0. The Bertz CT molecular complexity index is 680. The molecule has 1 aromatic heterocycles. The highest BCUT2D eigenvalue weighted by molar-refractivity contribution is 5.66. The predicted molar refractivity (Wildman–Crippen MR) is 89.5 cm³/mol. The number of hydrogen-bond donors (Lipinski definition) is 1. The van der Waals surface area contributed by atoms with Crippen molar-refractivity contribution in [3.8, 4) is 0 Å².